The van der Waals surface area contributed by atoms with Crippen LogP contribution < -0.4 is 4.74 Å². The van der Waals surface area contributed by atoms with Gasteiger partial charge in [-0.05, 0) is 48.1 Å². The van der Waals surface area contributed by atoms with Crippen molar-refractivity contribution in [1.82, 2.24) is 0 Å². The van der Waals surface area contributed by atoms with Crippen LogP contribution in [0.4, 0.5) is 0 Å². The highest BCUT2D eigenvalue weighted by Gasteiger charge is 2.17. The average Bonchev–Trinajstić information content (AvgIpc) is 2.48. The Balaban J connectivity index is 2.12. The highest BCUT2D eigenvalue weighted by Crippen LogP contribution is 2.23. The van der Waals surface area contributed by atoms with Crippen molar-refractivity contribution in [2.24, 2.45) is 5.92 Å². The minimum absolute atomic E-state index is 0.0265. The van der Waals surface area contributed by atoms with Gasteiger partial charge in [-0.1, -0.05) is 25.1 Å². The van der Waals surface area contributed by atoms with Crippen molar-refractivity contribution in [1.29, 1.82) is 0 Å². The van der Waals surface area contributed by atoms with E-state index in [0.717, 1.165) is 5.75 Å². The molecule has 0 aliphatic carbocycles. The zero-order valence-corrected chi connectivity index (χ0v) is 13.5. The first-order valence-corrected chi connectivity index (χ1v) is 8.96. The van der Waals surface area contributed by atoms with Crippen LogP contribution in [0.5, 0.6) is 11.5 Å². The molecule has 0 spiro atoms. The summed E-state index contributed by atoms with van der Waals surface area (Å²) in [7, 11) is -3.27. The number of para-hydroxylation sites is 1. The number of sulfone groups is 1. The van der Waals surface area contributed by atoms with Gasteiger partial charge in [0.05, 0.1) is 10.6 Å². The number of rotatable bonds is 6. The summed E-state index contributed by atoms with van der Waals surface area (Å²) in [6.45, 7) is 1.87. The van der Waals surface area contributed by atoms with E-state index < -0.39 is 9.84 Å². The van der Waals surface area contributed by atoms with Crippen molar-refractivity contribution >= 4 is 22.5 Å². The zero-order chi connectivity index (χ0) is 15.3. The van der Waals surface area contributed by atoms with Gasteiger partial charge in [0.25, 0.3) is 0 Å². The van der Waals surface area contributed by atoms with Gasteiger partial charge in [-0.15, -0.1) is 0 Å². The largest absolute Gasteiger partial charge is 0.457 e. The lowest BCUT2D eigenvalue weighted by molar-refractivity contribution is 0.482. The van der Waals surface area contributed by atoms with Crippen LogP contribution in [0, 0.1) is 5.92 Å². The van der Waals surface area contributed by atoms with E-state index in [1.54, 1.807) is 24.3 Å². The van der Waals surface area contributed by atoms with E-state index in [0.29, 0.717) is 16.4 Å². The molecule has 0 N–H and O–H groups in total. The van der Waals surface area contributed by atoms with Crippen molar-refractivity contribution in [3.05, 3.63) is 54.6 Å². The molecule has 5 heteroatoms. The molecule has 21 heavy (non-hydrogen) atoms. The molecule has 0 aromatic heterocycles. The van der Waals surface area contributed by atoms with Crippen LogP contribution in [0.2, 0.25) is 0 Å². The van der Waals surface area contributed by atoms with Crippen LogP contribution in [0.15, 0.2) is 59.5 Å². The Morgan fingerprint density at radius 3 is 2.14 bits per heavy atom. The van der Waals surface area contributed by atoms with E-state index in [2.05, 4.69) is 12.6 Å². The molecule has 0 radical (unpaired) electrons. The molecule has 0 bridgehead atoms. The molecule has 3 nitrogen and oxygen atoms in total. The predicted molar refractivity (Wildman–Crippen MR) is 88.0 cm³/mol. The molecule has 0 saturated carbocycles. The summed E-state index contributed by atoms with van der Waals surface area (Å²) in [5.74, 6) is 2.02. The lowest BCUT2D eigenvalue weighted by Gasteiger charge is -2.10. The molecule has 0 fully saturated rings. The molecule has 0 amide bonds. The van der Waals surface area contributed by atoms with E-state index in [1.165, 1.54) is 0 Å². The van der Waals surface area contributed by atoms with Gasteiger partial charge in [0, 0.05) is 0 Å². The molecular formula is C16H18O3S2. The third-order valence-electron chi connectivity index (χ3n) is 2.98. The van der Waals surface area contributed by atoms with E-state index in [1.807, 2.05) is 37.3 Å². The van der Waals surface area contributed by atoms with Gasteiger partial charge < -0.3 is 4.74 Å². The molecule has 2 aromatic rings. The van der Waals surface area contributed by atoms with Gasteiger partial charge in [-0.25, -0.2) is 8.42 Å². The first-order valence-electron chi connectivity index (χ1n) is 6.68. The monoisotopic (exact) mass is 322 g/mol. The van der Waals surface area contributed by atoms with Gasteiger partial charge in [0.15, 0.2) is 9.84 Å². The maximum atomic E-state index is 12.2. The van der Waals surface area contributed by atoms with Crippen LogP contribution in [-0.4, -0.2) is 19.9 Å². The van der Waals surface area contributed by atoms with Crippen molar-refractivity contribution in [2.75, 3.05) is 11.5 Å². The molecule has 2 aromatic carbocycles. The van der Waals surface area contributed by atoms with Crippen LogP contribution in [0.3, 0.4) is 0 Å². The number of thiol groups is 1. The maximum Gasteiger partial charge on any atom is 0.178 e. The van der Waals surface area contributed by atoms with E-state index in [-0.39, 0.29) is 11.7 Å². The Morgan fingerprint density at radius 1 is 1.00 bits per heavy atom. The quantitative estimate of drug-likeness (QED) is 0.822. The Bertz CT molecular complexity index is 664. The van der Waals surface area contributed by atoms with E-state index in [9.17, 15) is 8.42 Å². The zero-order valence-electron chi connectivity index (χ0n) is 11.8. The molecule has 0 aliphatic heterocycles. The Hall–Kier alpha value is -1.46. The fraction of sp³-hybridized carbons (Fsp3) is 0.250. The summed E-state index contributed by atoms with van der Waals surface area (Å²) >= 11 is 4.13. The smallest absolute Gasteiger partial charge is 0.178 e. The van der Waals surface area contributed by atoms with Gasteiger partial charge in [-0.2, -0.15) is 12.6 Å². The van der Waals surface area contributed by atoms with Crippen molar-refractivity contribution < 1.29 is 13.2 Å². The summed E-state index contributed by atoms with van der Waals surface area (Å²) < 4.78 is 30.0. The van der Waals surface area contributed by atoms with Crippen molar-refractivity contribution in [2.45, 2.75) is 11.8 Å². The fourth-order valence-electron chi connectivity index (χ4n) is 1.86. The Labute approximate surface area is 131 Å². The van der Waals surface area contributed by atoms with Crippen LogP contribution in [0.1, 0.15) is 6.92 Å². The molecule has 1 unspecified atom stereocenters. The third kappa shape index (κ3) is 4.51. The summed E-state index contributed by atoms with van der Waals surface area (Å²) in [6.07, 6.45) is 0. The number of hydrogen-bond donors (Lipinski definition) is 1. The second kappa shape index (κ2) is 7.00. The highest BCUT2D eigenvalue weighted by molar-refractivity contribution is 7.91. The number of hydrogen-bond acceptors (Lipinski definition) is 4. The molecule has 2 rings (SSSR count). The molecule has 0 aliphatic rings. The first kappa shape index (κ1) is 15.9. The second-order valence-electron chi connectivity index (χ2n) is 4.96. The molecule has 0 heterocycles. The SMILES string of the molecule is CC(CS)CS(=O)(=O)c1ccc(Oc2ccccc2)cc1. The summed E-state index contributed by atoms with van der Waals surface area (Å²) in [5, 5.41) is 0. The number of ether oxygens (including phenoxy) is 1. The molecular weight excluding hydrogens is 304 g/mol. The second-order valence-corrected chi connectivity index (χ2v) is 7.36. The standard InChI is InChI=1S/C16H18O3S2/c1-13(11-20)12-21(17,18)16-9-7-15(8-10-16)19-14-5-3-2-4-6-14/h2-10,13,20H,11-12H2,1H3. The third-order valence-corrected chi connectivity index (χ3v) is 5.60. The topological polar surface area (TPSA) is 43.4 Å². The van der Waals surface area contributed by atoms with Crippen molar-refractivity contribution in [3.63, 3.8) is 0 Å². The normalized spacial score (nSPS) is 12.9. The fourth-order valence-corrected chi connectivity index (χ4v) is 3.78. The molecule has 0 saturated heterocycles. The minimum atomic E-state index is -3.27. The van der Waals surface area contributed by atoms with Gasteiger partial charge in [0.2, 0.25) is 0 Å². The highest BCUT2D eigenvalue weighted by atomic mass is 32.2. The Kier molecular flexibility index (Phi) is 5.31. The van der Waals surface area contributed by atoms with E-state index >= 15 is 0 Å². The average molecular weight is 322 g/mol. The Morgan fingerprint density at radius 2 is 1.57 bits per heavy atom. The number of benzene rings is 2. The van der Waals surface area contributed by atoms with Crippen molar-refractivity contribution in [3.8, 4) is 11.5 Å². The van der Waals surface area contributed by atoms with Gasteiger partial charge >= 0.3 is 0 Å². The summed E-state index contributed by atoms with van der Waals surface area (Å²) in [4.78, 5) is 0.316. The summed E-state index contributed by atoms with van der Waals surface area (Å²) in [6, 6.07) is 15.9. The molecule has 112 valence electrons. The predicted octanol–water partition coefficient (Wildman–Crippen LogP) is 3.82. The minimum Gasteiger partial charge on any atom is -0.457 e. The van der Waals surface area contributed by atoms with Gasteiger partial charge in [0.1, 0.15) is 11.5 Å². The maximum absolute atomic E-state index is 12.2. The first-order chi connectivity index (χ1) is 10.0. The van der Waals surface area contributed by atoms with Crippen LogP contribution >= 0.6 is 12.6 Å². The van der Waals surface area contributed by atoms with E-state index in [4.69, 9.17) is 4.74 Å². The van der Waals surface area contributed by atoms with Gasteiger partial charge in [-0.3, -0.25) is 0 Å². The lowest BCUT2D eigenvalue weighted by Crippen LogP contribution is -2.15. The lowest BCUT2D eigenvalue weighted by atomic mass is 10.3. The summed E-state index contributed by atoms with van der Waals surface area (Å²) in [5.41, 5.74) is 0. The van der Waals surface area contributed by atoms with Crippen LogP contribution in [0.25, 0.3) is 0 Å². The van der Waals surface area contributed by atoms with Crippen LogP contribution in [-0.2, 0) is 9.84 Å². The molecule has 1 atom stereocenters.